The molecule has 0 fully saturated rings. The average molecular weight is 255 g/mol. The lowest BCUT2D eigenvalue weighted by molar-refractivity contribution is 0.0639. The number of halogens is 1. The Bertz CT molecular complexity index is 452. The molecule has 0 bridgehead atoms. The van der Waals surface area contributed by atoms with Gasteiger partial charge in [0.1, 0.15) is 6.10 Å². The molecule has 0 aliphatic heterocycles. The van der Waals surface area contributed by atoms with E-state index in [0.29, 0.717) is 0 Å². The van der Waals surface area contributed by atoms with E-state index in [1.54, 1.807) is 0 Å². The normalized spacial score (nSPS) is 13.4. The van der Waals surface area contributed by atoms with Crippen molar-refractivity contribution in [1.82, 2.24) is 4.98 Å². The number of aromatic amines is 1. The van der Waals surface area contributed by atoms with Crippen LogP contribution in [-0.4, -0.2) is 4.98 Å². The highest BCUT2D eigenvalue weighted by Crippen LogP contribution is 2.23. The van der Waals surface area contributed by atoms with Gasteiger partial charge in [-0.2, -0.15) is 0 Å². The molecule has 1 aromatic carbocycles. The van der Waals surface area contributed by atoms with Gasteiger partial charge in [0.05, 0.1) is 0 Å². The number of rotatable bonds is 2. The minimum absolute atomic E-state index is 0.110. The van der Waals surface area contributed by atoms with Crippen LogP contribution in [0, 0.1) is 0 Å². The number of nitrogens with two attached hydrogens (primary N) is 1. The summed E-state index contributed by atoms with van der Waals surface area (Å²) in [5, 5.41) is 1.15. The van der Waals surface area contributed by atoms with Crippen molar-refractivity contribution in [2.45, 2.75) is 13.0 Å². The SMILES string of the molecule is CC(ON)c1cc2cc(Br)ccc2[nH]1. The first-order valence-electron chi connectivity index (χ1n) is 4.34. The summed E-state index contributed by atoms with van der Waals surface area (Å²) in [7, 11) is 0. The predicted octanol–water partition coefficient (Wildman–Crippen LogP) is 2.88. The van der Waals surface area contributed by atoms with Gasteiger partial charge in [0.2, 0.25) is 0 Å². The number of hydrogen-bond acceptors (Lipinski definition) is 2. The van der Waals surface area contributed by atoms with E-state index in [1.807, 2.05) is 25.1 Å². The molecule has 3 nitrogen and oxygen atoms in total. The Kier molecular flexibility index (Phi) is 2.58. The fraction of sp³-hybridized carbons (Fsp3) is 0.200. The first-order chi connectivity index (χ1) is 6.70. The number of fused-ring (bicyclic) bond motifs is 1. The van der Waals surface area contributed by atoms with Crippen molar-refractivity contribution in [3.8, 4) is 0 Å². The summed E-state index contributed by atoms with van der Waals surface area (Å²) in [5.41, 5.74) is 2.08. The maximum atomic E-state index is 5.13. The molecular formula is C10H11BrN2O. The third kappa shape index (κ3) is 1.68. The van der Waals surface area contributed by atoms with E-state index in [-0.39, 0.29) is 6.10 Å². The molecule has 1 unspecified atom stereocenters. The lowest BCUT2D eigenvalue weighted by Gasteiger charge is -2.04. The number of benzene rings is 1. The van der Waals surface area contributed by atoms with Crippen LogP contribution in [0.3, 0.4) is 0 Å². The smallest absolute Gasteiger partial charge is 0.116 e. The van der Waals surface area contributed by atoms with Crippen LogP contribution in [0.2, 0.25) is 0 Å². The molecule has 1 atom stereocenters. The van der Waals surface area contributed by atoms with Gasteiger partial charge in [-0.3, -0.25) is 4.84 Å². The second kappa shape index (κ2) is 3.73. The van der Waals surface area contributed by atoms with Crippen molar-refractivity contribution in [3.05, 3.63) is 34.4 Å². The Labute approximate surface area is 90.3 Å². The summed E-state index contributed by atoms with van der Waals surface area (Å²) in [5.74, 6) is 5.13. The van der Waals surface area contributed by atoms with Crippen molar-refractivity contribution >= 4 is 26.8 Å². The van der Waals surface area contributed by atoms with Gasteiger partial charge in [-0.1, -0.05) is 15.9 Å². The predicted molar refractivity (Wildman–Crippen MR) is 59.7 cm³/mol. The van der Waals surface area contributed by atoms with Crippen LogP contribution in [0.1, 0.15) is 18.7 Å². The van der Waals surface area contributed by atoms with Gasteiger partial charge in [-0.05, 0) is 31.2 Å². The van der Waals surface area contributed by atoms with Crippen LogP contribution < -0.4 is 5.90 Å². The summed E-state index contributed by atoms with van der Waals surface area (Å²) in [6.45, 7) is 1.90. The zero-order chi connectivity index (χ0) is 10.1. The minimum atomic E-state index is -0.110. The van der Waals surface area contributed by atoms with Crippen LogP contribution in [0.25, 0.3) is 10.9 Å². The molecule has 0 aliphatic carbocycles. The van der Waals surface area contributed by atoms with E-state index in [9.17, 15) is 0 Å². The molecule has 0 spiro atoms. The second-order valence-electron chi connectivity index (χ2n) is 3.23. The van der Waals surface area contributed by atoms with E-state index in [1.165, 1.54) is 0 Å². The number of hydrogen-bond donors (Lipinski definition) is 2. The van der Waals surface area contributed by atoms with Crippen molar-refractivity contribution in [2.75, 3.05) is 0 Å². The van der Waals surface area contributed by atoms with Crippen molar-refractivity contribution in [2.24, 2.45) is 5.90 Å². The van der Waals surface area contributed by atoms with E-state index in [0.717, 1.165) is 21.1 Å². The standard InChI is InChI=1S/C10H11BrN2O/c1-6(14-12)10-5-7-4-8(11)2-3-9(7)13-10/h2-6,13H,12H2,1H3. The molecule has 14 heavy (non-hydrogen) atoms. The quantitative estimate of drug-likeness (QED) is 0.810. The van der Waals surface area contributed by atoms with Crippen molar-refractivity contribution in [3.63, 3.8) is 0 Å². The molecule has 0 amide bonds. The molecule has 1 aromatic heterocycles. The van der Waals surface area contributed by atoms with Gasteiger partial charge in [0.15, 0.2) is 0 Å². The molecule has 0 aliphatic rings. The minimum Gasteiger partial charge on any atom is -0.356 e. The average Bonchev–Trinajstić information content (AvgIpc) is 2.59. The second-order valence-corrected chi connectivity index (χ2v) is 4.15. The van der Waals surface area contributed by atoms with E-state index in [2.05, 4.69) is 27.0 Å². The first kappa shape index (κ1) is 9.71. The molecule has 0 saturated carbocycles. The molecule has 0 radical (unpaired) electrons. The van der Waals surface area contributed by atoms with Crippen LogP contribution in [0.5, 0.6) is 0 Å². The molecule has 74 valence electrons. The Morgan fingerprint density at radius 2 is 2.21 bits per heavy atom. The van der Waals surface area contributed by atoms with E-state index < -0.39 is 0 Å². The number of aromatic nitrogens is 1. The topological polar surface area (TPSA) is 51.0 Å². The van der Waals surface area contributed by atoms with Gasteiger partial charge in [-0.15, -0.1) is 0 Å². The Morgan fingerprint density at radius 1 is 1.43 bits per heavy atom. The highest BCUT2D eigenvalue weighted by atomic mass is 79.9. The Hall–Kier alpha value is -0.840. The maximum absolute atomic E-state index is 5.13. The van der Waals surface area contributed by atoms with Gasteiger partial charge < -0.3 is 4.98 Å². The zero-order valence-corrected chi connectivity index (χ0v) is 9.34. The number of H-pyrrole nitrogens is 1. The van der Waals surface area contributed by atoms with Crippen LogP contribution >= 0.6 is 15.9 Å². The zero-order valence-electron chi connectivity index (χ0n) is 7.75. The van der Waals surface area contributed by atoms with E-state index >= 15 is 0 Å². The molecule has 2 aromatic rings. The third-order valence-electron chi connectivity index (χ3n) is 2.25. The lowest BCUT2D eigenvalue weighted by atomic mass is 10.2. The molecule has 0 saturated heterocycles. The Balaban J connectivity index is 2.51. The molecule has 3 N–H and O–H groups in total. The summed E-state index contributed by atoms with van der Waals surface area (Å²) < 4.78 is 1.07. The van der Waals surface area contributed by atoms with Crippen LogP contribution in [-0.2, 0) is 4.84 Å². The number of nitrogens with one attached hydrogen (secondary N) is 1. The monoisotopic (exact) mass is 254 g/mol. The highest BCUT2D eigenvalue weighted by molar-refractivity contribution is 9.10. The van der Waals surface area contributed by atoms with Gasteiger partial charge in [0.25, 0.3) is 0 Å². The summed E-state index contributed by atoms with van der Waals surface area (Å²) in [6, 6.07) is 8.11. The summed E-state index contributed by atoms with van der Waals surface area (Å²) in [6.07, 6.45) is -0.110. The molecular weight excluding hydrogens is 244 g/mol. The first-order valence-corrected chi connectivity index (χ1v) is 5.13. The van der Waals surface area contributed by atoms with Gasteiger partial charge in [-0.25, -0.2) is 5.90 Å². The molecule has 1 heterocycles. The largest absolute Gasteiger partial charge is 0.356 e. The Morgan fingerprint density at radius 3 is 2.93 bits per heavy atom. The van der Waals surface area contributed by atoms with Gasteiger partial charge in [0, 0.05) is 21.1 Å². The third-order valence-corrected chi connectivity index (χ3v) is 2.74. The fourth-order valence-corrected chi connectivity index (χ4v) is 1.80. The summed E-state index contributed by atoms with van der Waals surface area (Å²) >= 11 is 3.43. The van der Waals surface area contributed by atoms with Gasteiger partial charge >= 0.3 is 0 Å². The summed E-state index contributed by atoms with van der Waals surface area (Å²) in [4.78, 5) is 8.00. The van der Waals surface area contributed by atoms with E-state index in [4.69, 9.17) is 10.7 Å². The molecule has 4 heteroatoms. The lowest BCUT2D eigenvalue weighted by Crippen LogP contribution is -2.05. The highest BCUT2D eigenvalue weighted by Gasteiger charge is 2.07. The van der Waals surface area contributed by atoms with Crippen molar-refractivity contribution < 1.29 is 4.84 Å². The van der Waals surface area contributed by atoms with Crippen molar-refractivity contribution in [1.29, 1.82) is 0 Å². The van der Waals surface area contributed by atoms with Crippen LogP contribution in [0.15, 0.2) is 28.7 Å². The fourth-order valence-electron chi connectivity index (χ4n) is 1.42. The maximum Gasteiger partial charge on any atom is 0.116 e. The van der Waals surface area contributed by atoms with Crippen LogP contribution in [0.4, 0.5) is 0 Å². The molecule has 2 rings (SSSR count).